The molecule has 2 rings (SSSR count). The van der Waals surface area contributed by atoms with E-state index in [1.807, 2.05) is 0 Å². The van der Waals surface area contributed by atoms with Crippen LogP contribution in [0.1, 0.15) is 23.4 Å². The van der Waals surface area contributed by atoms with Crippen molar-refractivity contribution in [1.82, 2.24) is 19.7 Å². The molecule has 0 spiro atoms. The molecule has 8 heteroatoms. The summed E-state index contributed by atoms with van der Waals surface area (Å²) in [4.78, 5) is 23.8. The number of carbonyl (C=O) groups excluding carboxylic acids is 1. The summed E-state index contributed by atoms with van der Waals surface area (Å²) in [7, 11) is 0. The minimum absolute atomic E-state index is 0.138. The van der Waals surface area contributed by atoms with Gasteiger partial charge in [0.15, 0.2) is 0 Å². The highest BCUT2D eigenvalue weighted by molar-refractivity contribution is 5.85. The van der Waals surface area contributed by atoms with Crippen LogP contribution in [0.5, 0.6) is 0 Å². The van der Waals surface area contributed by atoms with Gasteiger partial charge in [-0.05, 0) is 6.92 Å². The van der Waals surface area contributed by atoms with Gasteiger partial charge in [0, 0.05) is 26.1 Å². The van der Waals surface area contributed by atoms with E-state index in [2.05, 4.69) is 10.2 Å². The van der Waals surface area contributed by atoms with Crippen molar-refractivity contribution in [2.45, 2.75) is 19.9 Å². The third-order valence-corrected chi connectivity index (χ3v) is 2.75. The number of hydrogen-bond acceptors (Lipinski definition) is 5. The highest BCUT2D eigenvalue weighted by Crippen LogP contribution is 2.10. The van der Waals surface area contributed by atoms with Gasteiger partial charge in [-0.3, -0.25) is 0 Å². The molecule has 1 amide bonds. The van der Waals surface area contributed by atoms with Crippen molar-refractivity contribution in [3.8, 4) is 0 Å². The van der Waals surface area contributed by atoms with E-state index in [-0.39, 0.29) is 12.4 Å². The van der Waals surface area contributed by atoms with Gasteiger partial charge in [-0.1, -0.05) is 0 Å². The van der Waals surface area contributed by atoms with Crippen molar-refractivity contribution in [2.24, 2.45) is 0 Å². The summed E-state index contributed by atoms with van der Waals surface area (Å²) in [5.41, 5.74) is 0. The number of amides is 1. The van der Waals surface area contributed by atoms with Crippen LogP contribution in [0, 0.1) is 0 Å². The monoisotopic (exact) mass is 254 g/mol. The molecule has 1 N–H and O–H groups in total. The van der Waals surface area contributed by atoms with Crippen LogP contribution in [0.3, 0.4) is 0 Å². The van der Waals surface area contributed by atoms with Crippen molar-refractivity contribution < 1.29 is 19.4 Å². The average molecular weight is 254 g/mol. The van der Waals surface area contributed by atoms with Gasteiger partial charge in [-0.25, -0.2) is 9.59 Å². The van der Waals surface area contributed by atoms with Gasteiger partial charge in [-0.15, -0.1) is 10.2 Å². The third-order valence-electron chi connectivity index (χ3n) is 2.75. The number of esters is 1. The van der Waals surface area contributed by atoms with Crippen molar-refractivity contribution in [2.75, 3.05) is 19.7 Å². The largest absolute Gasteiger partial charge is 0.465 e. The standard InChI is InChI=1S/C10H14N4O4/c1-2-18-9(15)8-12-11-7-3-4-13(10(16)17)5-6-14(7)8/h2-6H2,1H3,(H,16,17). The topological polar surface area (TPSA) is 97.5 Å². The van der Waals surface area contributed by atoms with Crippen LogP contribution < -0.4 is 0 Å². The Morgan fingerprint density at radius 2 is 2.11 bits per heavy atom. The molecular weight excluding hydrogens is 240 g/mol. The Bertz CT molecular complexity index is 470. The van der Waals surface area contributed by atoms with Crippen LogP contribution in [0.4, 0.5) is 4.79 Å². The molecule has 0 unspecified atom stereocenters. The van der Waals surface area contributed by atoms with E-state index in [9.17, 15) is 9.59 Å². The molecule has 1 aromatic heterocycles. The SMILES string of the molecule is CCOC(=O)c1nnc2n1CCN(C(=O)O)CC2. The van der Waals surface area contributed by atoms with E-state index in [1.54, 1.807) is 11.5 Å². The third kappa shape index (κ3) is 2.27. The molecular formula is C10H14N4O4. The molecule has 0 atom stereocenters. The summed E-state index contributed by atoms with van der Waals surface area (Å²) < 4.78 is 6.50. The number of hydrogen-bond donors (Lipinski definition) is 1. The van der Waals surface area contributed by atoms with Crippen molar-refractivity contribution in [3.05, 3.63) is 11.6 Å². The van der Waals surface area contributed by atoms with E-state index < -0.39 is 12.1 Å². The molecule has 0 aromatic carbocycles. The first-order chi connectivity index (χ1) is 8.63. The Balaban J connectivity index is 2.19. The van der Waals surface area contributed by atoms with E-state index in [0.717, 1.165) is 0 Å². The van der Waals surface area contributed by atoms with Crippen LogP contribution in [-0.4, -0.2) is 56.5 Å². The molecule has 98 valence electrons. The van der Waals surface area contributed by atoms with Gasteiger partial charge in [0.25, 0.3) is 0 Å². The fraction of sp³-hybridized carbons (Fsp3) is 0.600. The lowest BCUT2D eigenvalue weighted by Crippen LogP contribution is -2.32. The van der Waals surface area contributed by atoms with Crippen LogP contribution in [-0.2, 0) is 17.7 Å². The lowest BCUT2D eigenvalue weighted by Gasteiger charge is -2.15. The summed E-state index contributed by atoms with van der Waals surface area (Å²) in [6.07, 6.45) is -0.523. The number of carbonyl (C=O) groups is 2. The molecule has 0 radical (unpaired) electrons. The molecule has 0 saturated heterocycles. The first-order valence-electron chi connectivity index (χ1n) is 5.70. The highest BCUT2D eigenvalue weighted by Gasteiger charge is 2.24. The second-order valence-electron chi connectivity index (χ2n) is 3.83. The Hall–Kier alpha value is -2.12. The van der Waals surface area contributed by atoms with Crippen LogP contribution in [0.25, 0.3) is 0 Å². The number of ether oxygens (including phenoxy) is 1. The quantitative estimate of drug-likeness (QED) is 0.745. The molecule has 0 fully saturated rings. The normalized spacial score (nSPS) is 14.8. The molecule has 0 bridgehead atoms. The maximum Gasteiger partial charge on any atom is 0.407 e. The van der Waals surface area contributed by atoms with Gasteiger partial charge in [0.2, 0.25) is 5.82 Å². The fourth-order valence-electron chi connectivity index (χ4n) is 1.86. The maximum atomic E-state index is 11.6. The van der Waals surface area contributed by atoms with Gasteiger partial charge in [0.05, 0.1) is 6.61 Å². The summed E-state index contributed by atoms with van der Waals surface area (Å²) in [5.74, 6) is 0.223. The summed E-state index contributed by atoms with van der Waals surface area (Å²) in [6, 6.07) is 0. The summed E-state index contributed by atoms with van der Waals surface area (Å²) >= 11 is 0. The van der Waals surface area contributed by atoms with Crippen molar-refractivity contribution >= 4 is 12.1 Å². The zero-order valence-corrected chi connectivity index (χ0v) is 10.00. The summed E-state index contributed by atoms with van der Waals surface area (Å²) in [5, 5.41) is 16.6. The minimum atomic E-state index is -0.966. The lowest BCUT2D eigenvalue weighted by molar-refractivity contribution is 0.0505. The van der Waals surface area contributed by atoms with E-state index in [1.165, 1.54) is 4.90 Å². The first kappa shape index (κ1) is 12.3. The molecule has 8 nitrogen and oxygen atoms in total. The highest BCUT2D eigenvalue weighted by atomic mass is 16.5. The van der Waals surface area contributed by atoms with Gasteiger partial charge in [0.1, 0.15) is 5.82 Å². The number of rotatable bonds is 2. The zero-order valence-electron chi connectivity index (χ0n) is 10.00. The lowest BCUT2D eigenvalue weighted by atomic mass is 10.4. The molecule has 18 heavy (non-hydrogen) atoms. The molecule has 0 saturated carbocycles. The van der Waals surface area contributed by atoms with E-state index in [0.29, 0.717) is 31.9 Å². The van der Waals surface area contributed by atoms with Crippen LogP contribution in [0.2, 0.25) is 0 Å². The number of nitrogens with zero attached hydrogens (tertiary/aromatic N) is 4. The smallest absolute Gasteiger partial charge is 0.407 e. The summed E-state index contributed by atoms with van der Waals surface area (Å²) in [6.45, 7) is 3.01. The molecule has 0 aliphatic carbocycles. The second-order valence-corrected chi connectivity index (χ2v) is 3.83. The van der Waals surface area contributed by atoms with Gasteiger partial charge in [-0.2, -0.15) is 0 Å². The average Bonchev–Trinajstić information content (AvgIpc) is 2.61. The zero-order chi connectivity index (χ0) is 13.1. The van der Waals surface area contributed by atoms with E-state index in [4.69, 9.17) is 9.84 Å². The Morgan fingerprint density at radius 3 is 2.78 bits per heavy atom. The van der Waals surface area contributed by atoms with Crippen LogP contribution in [0.15, 0.2) is 0 Å². The molecule has 1 aliphatic heterocycles. The number of aromatic nitrogens is 3. The second kappa shape index (κ2) is 5.03. The maximum absolute atomic E-state index is 11.6. The number of fused-ring (bicyclic) bond motifs is 1. The Labute approximate surface area is 103 Å². The molecule has 1 aliphatic rings. The van der Waals surface area contributed by atoms with Gasteiger partial charge >= 0.3 is 12.1 Å². The minimum Gasteiger partial charge on any atom is -0.465 e. The predicted octanol–water partition coefficient (Wildman–Crippen LogP) is -0.00910. The Kier molecular flexibility index (Phi) is 3.45. The predicted molar refractivity (Wildman–Crippen MR) is 59.3 cm³/mol. The molecule has 1 aromatic rings. The first-order valence-corrected chi connectivity index (χ1v) is 5.70. The van der Waals surface area contributed by atoms with Crippen molar-refractivity contribution in [1.29, 1.82) is 0 Å². The number of carboxylic acid groups (broad SMARTS) is 1. The Morgan fingerprint density at radius 1 is 1.33 bits per heavy atom. The van der Waals surface area contributed by atoms with Crippen molar-refractivity contribution in [3.63, 3.8) is 0 Å². The fourth-order valence-corrected chi connectivity index (χ4v) is 1.86. The van der Waals surface area contributed by atoms with Gasteiger partial charge < -0.3 is 19.3 Å². The van der Waals surface area contributed by atoms with E-state index >= 15 is 0 Å². The van der Waals surface area contributed by atoms with Crippen LogP contribution >= 0.6 is 0 Å². The molecule has 2 heterocycles.